The molecule has 0 fully saturated rings. The topological polar surface area (TPSA) is 35.9 Å². The Labute approximate surface area is 280 Å². The summed E-state index contributed by atoms with van der Waals surface area (Å²) in [5, 5.41) is 8.20. The molecule has 0 aliphatic carbocycles. The van der Waals surface area contributed by atoms with E-state index < -0.39 is 0 Å². The number of fused-ring (bicyclic) bond motifs is 11. The molecule has 7 aromatic carbocycles. The van der Waals surface area contributed by atoms with Gasteiger partial charge in [-0.25, -0.2) is 4.98 Å². The normalized spacial score (nSPS) is 12.1. The number of hydrogen-bond donors (Lipinski definition) is 0. The number of aromatic nitrogens is 3. The Hall–Kier alpha value is -6.65. The zero-order valence-corrected chi connectivity index (χ0v) is 26.3. The summed E-state index contributed by atoms with van der Waals surface area (Å²) >= 11 is 0. The van der Waals surface area contributed by atoms with Crippen LogP contribution in [0.5, 0.6) is 0 Å². The number of benzene rings is 7. The zero-order valence-electron chi connectivity index (χ0n) is 26.3. The van der Waals surface area contributed by atoms with Gasteiger partial charge in [0, 0.05) is 49.3 Å². The quantitative estimate of drug-likeness (QED) is 0.196. The molecule has 0 aliphatic rings. The van der Waals surface area contributed by atoms with Crippen LogP contribution in [0.3, 0.4) is 0 Å². The van der Waals surface area contributed by atoms with E-state index in [1.165, 1.54) is 43.6 Å². The molecule has 4 nitrogen and oxygen atoms in total. The van der Waals surface area contributed by atoms with Crippen molar-refractivity contribution in [3.8, 4) is 22.5 Å². The SMILES string of the molecule is c1ccc(-n2c3ccccc3c3ccc4c5ccccc5n(-c5ccc(-c6c7ccccc7nc7oc8ccccc8c67)cc5)c4c32)cc1. The lowest BCUT2D eigenvalue weighted by Gasteiger charge is -2.14. The summed E-state index contributed by atoms with van der Waals surface area (Å²) in [5.74, 6) is 0. The molecule has 228 valence electrons. The maximum Gasteiger partial charge on any atom is 0.228 e. The van der Waals surface area contributed by atoms with Crippen LogP contribution in [0.15, 0.2) is 168 Å². The molecule has 0 atom stereocenters. The Bertz CT molecular complexity index is 3090. The van der Waals surface area contributed by atoms with Crippen LogP contribution in [0.25, 0.3) is 99.1 Å². The van der Waals surface area contributed by atoms with Crippen molar-refractivity contribution in [2.24, 2.45) is 0 Å². The van der Waals surface area contributed by atoms with Crippen LogP contribution < -0.4 is 0 Å². The van der Waals surface area contributed by atoms with Crippen LogP contribution in [0, 0.1) is 0 Å². The van der Waals surface area contributed by atoms with Gasteiger partial charge in [-0.2, -0.15) is 0 Å². The number of hydrogen-bond acceptors (Lipinski definition) is 2. The average Bonchev–Trinajstić information content (AvgIpc) is 3.82. The van der Waals surface area contributed by atoms with Gasteiger partial charge in [0.1, 0.15) is 5.58 Å². The van der Waals surface area contributed by atoms with Crippen molar-refractivity contribution < 1.29 is 4.42 Å². The standard InChI is InChI=1S/C45H27N3O/c1-2-12-29(13-3-1)47-38-19-9-5-14-31(38)33-26-27-34-32-15-6-10-20-39(32)48(44(34)43(33)47)30-24-22-28(23-25-30)41-35-16-4-8-18-37(35)46-45-42(41)36-17-7-11-21-40(36)49-45/h1-27H. The van der Waals surface area contributed by atoms with Crippen molar-refractivity contribution in [3.63, 3.8) is 0 Å². The lowest BCUT2D eigenvalue weighted by molar-refractivity contribution is 0.656. The molecule has 11 aromatic rings. The summed E-state index contributed by atoms with van der Waals surface area (Å²) in [6.07, 6.45) is 0. The maximum absolute atomic E-state index is 6.30. The van der Waals surface area contributed by atoms with Gasteiger partial charge in [0.15, 0.2) is 0 Å². The average molecular weight is 626 g/mol. The van der Waals surface area contributed by atoms with Gasteiger partial charge in [0.25, 0.3) is 0 Å². The third-order valence-electron chi connectivity index (χ3n) is 10.1. The second kappa shape index (κ2) is 9.93. The highest BCUT2D eigenvalue weighted by Gasteiger charge is 2.22. The fourth-order valence-corrected chi connectivity index (χ4v) is 8.07. The van der Waals surface area contributed by atoms with Crippen molar-refractivity contribution >= 4 is 76.6 Å². The summed E-state index contributed by atoms with van der Waals surface area (Å²) in [7, 11) is 0. The molecule has 0 amide bonds. The van der Waals surface area contributed by atoms with Crippen LogP contribution in [0.1, 0.15) is 0 Å². The van der Waals surface area contributed by atoms with Crippen molar-refractivity contribution in [2.75, 3.05) is 0 Å². The fourth-order valence-electron chi connectivity index (χ4n) is 8.07. The molecule has 11 rings (SSSR count). The van der Waals surface area contributed by atoms with E-state index in [0.29, 0.717) is 5.71 Å². The molecule has 0 bridgehead atoms. The van der Waals surface area contributed by atoms with Crippen molar-refractivity contribution in [1.29, 1.82) is 0 Å². The van der Waals surface area contributed by atoms with Gasteiger partial charge in [0.05, 0.1) is 33.0 Å². The molecule has 0 aliphatic heterocycles. The van der Waals surface area contributed by atoms with Crippen molar-refractivity contribution in [1.82, 2.24) is 14.1 Å². The van der Waals surface area contributed by atoms with Crippen LogP contribution >= 0.6 is 0 Å². The van der Waals surface area contributed by atoms with E-state index >= 15 is 0 Å². The van der Waals surface area contributed by atoms with E-state index in [-0.39, 0.29) is 0 Å². The summed E-state index contributed by atoms with van der Waals surface area (Å²) in [5.41, 5.74) is 11.7. The van der Waals surface area contributed by atoms with E-state index in [1.807, 2.05) is 18.2 Å². The molecule has 49 heavy (non-hydrogen) atoms. The van der Waals surface area contributed by atoms with Gasteiger partial charge >= 0.3 is 0 Å². The first-order chi connectivity index (χ1) is 24.3. The van der Waals surface area contributed by atoms with Gasteiger partial charge < -0.3 is 13.6 Å². The van der Waals surface area contributed by atoms with Crippen molar-refractivity contribution in [2.45, 2.75) is 0 Å². The Kier molecular flexibility index (Phi) is 5.35. The van der Waals surface area contributed by atoms with E-state index in [2.05, 4.69) is 155 Å². The Morgan fingerprint density at radius 2 is 0.939 bits per heavy atom. The first-order valence-electron chi connectivity index (χ1n) is 16.6. The molecule has 0 saturated heterocycles. The van der Waals surface area contributed by atoms with Crippen LogP contribution in [-0.4, -0.2) is 14.1 Å². The van der Waals surface area contributed by atoms with Crippen LogP contribution in [0.2, 0.25) is 0 Å². The maximum atomic E-state index is 6.30. The molecular weight excluding hydrogens is 599 g/mol. The molecule has 4 heteroatoms. The van der Waals surface area contributed by atoms with Gasteiger partial charge in [-0.1, -0.05) is 115 Å². The van der Waals surface area contributed by atoms with E-state index in [4.69, 9.17) is 9.40 Å². The highest BCUT2D eigenvalue weighted by atomic mass is 16.3. The zero-order chi connectivity index (χ0) is 32.1. The Morgan fingerprint density at radius 1 is 0.408 bits per heavy atom. The predicted octanol–water partition coefficient (Wildman–Crippen LogP) is 12.0. The van der Waals surface area contributed by atoms with Crippen LogP contribution in [0.4, 0.5) is 0 Å². The molecule has 0 saturated carbocycles. The third-order valence-corrected chi connectivity index (χ3v) is 10.1. The second-order valence-electron chi connectivity index (χ2n) is 12.7. The van der Waals surface area contributed by atoms with Gasteiger partial charge in [-0.15, -0.1) is 0 Å². The number of nitrogens with zero attached hydrogens (tertiary/aromatic N) is 3. The molecule has 0 unspecified atom stereocenters. The number of para-hydroxylation sites is 5. The molecule has 0 radical (unpaired) electrons. The molecule has 0 N–H and O–H groups in total. The minimum Gasteiger partial charge on any atom is -0.438 e. The minimum atomic E-state index is 0.664. The third kappa shape index (κ3) is 3.66. The molecule has 4 heterocycles. The predicted molar refractivity (Wildman–Crippen MR) is 203 cm³/mol. The number of rotatable bonds is 3. The highest BCUT2D eigenvalue weighted by Crippen LogP contribution is 2.43. The van der Waals surface area contributed by atoms with Crippen LogP contribution in [-0.2, 0) is 0 Å². The largest absolute Gasteiger partial charge is 0.438 e. The first-order valence-corrected chi connectivity index (χ1v) is 16.6. The van der Waals surface area contributed by atoms with Gasteiger partial charge in [-0.3, -0.25) is 0 Å². The number of furan rings is 1. The minimum absolute atomic E-state index is 0.664. The lowest BCUT2D eigenvalue weighted by atomic mass is 9.96. The fraction of sp³-hybridized carbons (Fsp3) is 0. The molecule has 4 aromatic heterocycles. The monoisotopic (exact) mass is 625 g/mol. The van der Waals surface area contributed by atoms with E-state index in [9.17, 15) is 0 Å². The second-order valence-corrected chi connectivity index (χ2v) is 12.7. The lowest BCUT2D eigenvalue weighted by Crippen LogP contribution is -1.98. The Balaban J connectivity index is 1.23. The Morgan fingerprint density at radius 3 is 1.61 bits per heavy atom. The van der Waals surface area contributed by atoms with Gasteiger partial charge in [-0.05, 0) is 54.1 Å². The summed E-state index contributed by atoms with van der Waals surface area (Å²) in [6, 6.07) is 58.4. The highest BCUT2D eigenvalue weighted by molar-refractivity contribution is 6.24. The summed E-state index contributed by atoms with van der Waals surface area (Å²) in [6.45, 7) is 0. The first kappa shape index (κ1) is 26.4. The van der Waals surface area contributed by atoms with Crippen molar-refractivity contribution in [3.05, 3.63) is 164 Å². The summed E-state index contributed by atoms with van der Waals surface area (Å²) < 4.78 is 11.2. The number of pyridine rings is 1. The smallest absolute Gasteiger partial charge is 0.228 e. The molecular formula is C45H27N3O. The summed E-state index contributed by atoms with van der Waals surface area (Å²) in [4.78, 5) is 4.93. The van der Waals surface area contributed by atoms with E-state index in [1.54, 1.807) is 0 Å². The van der Waals surface area contributed by atoms with E-state index in [0.717, 1.165) is 49.8 Å². The molecule has 0 spiro atoms. The van der Waals surface area contributed by atoms with Gasteiger partial charge in [0.2, 0.25) is 5.71 Å².